The van der Waals surface area contributed by atoms with Gasteiger partial charge in [0.05, 0.1) is 11.0 Å². The lowest BCUT2D eigenvalue weighted by atomic mass is 9.98. The molecule has 2 heteroatoms. The van der Waals surface area contributed by atoms with Gasteiger partial charge in [0.1, 0.15) is 0 Å². The van der Waals surface area contributed by atoms with E-state index in [9.17, 15) is 0 Å². The fraction of sp³-hybridized carbons (Fsp3) is 0.0233. The SMILES string of the molecule is Cc1ccc2sc3cc4c5cc(-c6ccccc6)ccc5n(-c5cc(-c6ccccc6)cc(-c6ccccc6)c5)c4cc3c2c1. The van der Waals surface area contributed by atoms with Gasteiger partial charge in [-0.05, 0) is 94.9 Å². The van der Waals surface area contributed by atoms with Gasteiger partial charge < -0.3 is 4.57 Å². The first-order valence-corrected chi connectivity index (χ1v) is 16.2. The standard InChI is InChI=1S/C43H29NS/c1-28-17-20-42-38(21-28)39-26-41-37(27-43(39)45-42)36-25-32(29-11-5-2-6-12-29)18-19-40(36)44(41)35-23-33(30-13-7-3-8-14-30)22-34(24-35)31-15-9-4-10-16-31/h2-27H,1H3. The molecule has 0 amide bonds. The molecule has 0 aliphatic rings. The maximum absolute atomic E-state index is 2.48. The lowest BCUT2D eigenvalue weighted by Gasteiger charge is -2.14. The summed E-state index contributed by atoms with van der Waals surface area (Å²) >= 11 is 1.89. The van der Waals surface area contributed by atoms with Crippen molar-refractivity contribution >= 4 is 53.3 Å². The van der Waals surface area contributed by atoms with Crippen LogP contribution in [0.15, 0.2) is 158 Å². The van der Waals surface area contributed by atoms with Crippen LogP contribution >= 0.6 is 11.3 Å². The molecule has 0 fully saturated rings. The second-order valence-electron chi connectivity index (χ2n) is 11.9. The molecular weight excluding hydrogens is 563 g/mol. The van der Waals surface area contributed by atoms with Crippen LogP contribution in [0.4, 0.5) is 0 Å². The Morgan fingerprint density at radius 1 is 0.378 bits per heavy atom. The van der Waals surface area contributed by atoms with Gasteiger partial charge in [0, 0.05) is 36.6 Å². The summed E-state index contributed by atoms with van der Waals surface area (Å²) in [6.07, 6.45) is 0. The van der Waals surface area contributed by atoms with Crippen LogP contribution in [-0.4, -0.2) is 4.57 Å². The molecule has 212 valence electrons. The third-order valence-corrected chi connectivity index (χ3v) is 10.1. The average Bonchev–Trinajstić information content (AvgIpc) is 3.62. The Morgan fingerprint density at radius 3 is 1.60 bits per heavy atom. The summed E-state index contributed by atoms with van der Waals surface area (Å²) in [5, 5.41) is 5.21. The molecule has 0 saturated carbocycles. The predicted octanol–water partition coefficient (Wildman–Crippen LogP) is 12.5. The van der Waals surface area contributed by atoms with E-state index in [2.05, 4.69) is 169 Å². The predicted molar refractivity (Wildman–Crippen MR) is 195 cm³/mol. The maximum atomic E-state index is 2.48. The van der Waals surface area contributed by atoms with Crippen molar-refractivity contribution in [3.8, 4) is 39.1 Å². The van der Waals surface area contributed by atoms with Crippen LogP contribution in [0.25, 0.3) is 81.0 Å². The highest BCUT2D eigenvalue weighted by Gasteiger charge is 2.18. The minimum absolute atomic E-state index is 1.16. The molecule has 9 rings (SSSR count). The number of hydrogen-bond donors (Lipinski definition) is 0. The Balaban J connectivity index is 1.39. The topological polar surface area (TPSA) is 4.93 Å². The molecule has 9 aromatic rings. The number of nitrogens with zero attached hydrogens (tertiary/aromatic N) is 1. The molecule has 7 aromatic carbocycles. The van der Waals surface area contributed by atoms with Gasteiger partial charge in [0.2, 0.25) is 0 Å². The van der Waals surface area contributed by atoms with Gasteiger partial charge in [0.15, 0.2) is 0 Å². The third kappa shape index (κ3) is 4.37. The smallest absolute Gasteiger partial charge is 0.0548 e. The van der Waals surface area contributed by atoms with Gasteiger partial charge in [-0.3, -0.25) is 0 Å². The number of aryl methyl sites for hydroxylation is 1. The monoisotopic (exact) mass is 591 g/mol. The molecule has 0 atom stereocenters. The summed E-state index contributed by atoms with van der Waals surface area (Å²) in [5.41, 5.74) is 12.2. The fourth-order valence-electron chi connectivity index (χ4n) is 6.83. The van der Waals surface area contributed by atoms with E-state index in [0.29, 0.717) is 0 Å². The molecule has 45 heavy (non-hydrogen) atoms. The third-order valence-electron chi connectivity index (χ3n) is 9.01. The lowest BCUT2D eigenvalue weighted by molar-refractivity contribution is 1.18. The molecule has 2 heterocycles. The molecule has 1 nitrogen and oxygen atoms in total. The Hall–Kier alpha value is -5.44. The quantitative estimate of drug-likeness (QED) is 0.192. The number of fused-ring (bicyclic) bond motifs is 6. The van der Waals surface area contributed by atoms with Crippen LogP contribution in [0.2, 0.25) is 0 Å². The second-order valence-corrected chi connectivity index (χ2v) is 13.0. The zero-order valence-corrected chi connectivity index (χ0v) is 25.7. The molecule has 0 radical (unpaired) electrons. The van der Waals surface area contributed by atoms with E-state index in [0.717, 1.165) is 5.69 Å². The van der Waals surface area contributed by atoms with Crippen molar-refractivity contribution in [3.63, 3.8) is 0 Å². The molecular formula is C43H29NS. The summed E-state index contributed by atoms with van der Waals surface area (Å²) in [6, 6.07) is 57.9. The van der Waals surface area contributed by atoms with Crippen molar-refractivity contribution < 1.29 is 0 Å². The molecule has 0 bridgehead atoms. The number of benzene rings is 7. The zero-order valence-electron chi connectivity index (χ0n) is 24.9. The Labute approximate surface area is 266 Å². The average molecular weight is 592 g/mol. The minimum Gasteiger partial charge on any atom is -0.309 e. The van der Waals surface area contributed by atoms with E-state index in [1.165, 1.54) is 80.9 Å². The van der Waals surface area contributed by atoms with E-state index in [1.54, 1.807) is 0 Å². The minimum atomic E-state index is 1.16. The Kier molecular flexibility index (Phi) is 5.97. The zero-order chi connectivity index (χ0) is 29.9. The van der Waals surface area contributed by atoms with E-state index in [-0.39, 0.29) is 0 Å². The summed E-state index contributed by atoms with van der Waals surface area (Å²) < 4.78 is 5.15. The van der Waals surface area contributed by atoms with Crippen molar-refractivity contribution in [2.45, 2.75) is 6.92 Å². The second kappa shape index (κ2) is 10.3. The van der Waals surface area contributed by atoms with Gasteiger partial charge in [-0.25, -0.2) is 0 Å². The number of hydrogen-bond acceptors (Lipinski definition) is 1. The molecule has 0 aliphatic heterocycles. The van der Waals surface area contributed by atoms with Crippen LogP contribution in [0.5, 0.6) is 0 Å². The highest BCUT2D eigenvalue weighted by Crippen LogP contribution is 2.42. The van der Waals surface area contributed by atoms with Crippen molar-refractivity contribution in [1.82, 2.24) is 4.57 Å². The molecule has 0 unspecified atom stereocenters. The highest BCUT2D eigenvalue weighted by atomic mass is 32.1. The van der Waals surface area contributed by atoms with Gasteiger partial charge in [-0.1, -0.05) is 109 Å². The first kappa shape index (κ1) is 26.0. The Bertz CT molecular complexity index is 2460. The van der Waals surface area contributed by atoms with Gasteiger partial charge in [-0.15, -0.1) is 11.3 Å². The molecule has 0 N–H and O–H groups in total. The van der Waals surface area contributed by atoms with E-state index in [4.69, 9.17) is 0 Å². The molecule has 0 saturated heterocycles. The van der Waals surface area contributed by atoms with Crippen LogP contribution in [-0.2, 0) is 0 Å². The Morgan fingerprint density at radius 2 is 0.956 bits per heavy atom. The first-order valence-electron chi connectivity index (χ1n) is 15.4. The van der Waals surface area contributed by atoms with Crippen LogP contribution < -0.4 is 0 Å². The first-order chi connectivity index (χ1) is 22.2. The number of aromatic nitrogens is 1. The molecule has 0 spiro atoms. The van der Waals surface area contributed by atoms with Gasteiger partial charge in [-0.2, -0.15) is 0 Å². The van der Waals surface area contributed by atoms with E-state index < -0.39 is 0 Å². The fourth-order valence-corrected chi connectivity index (χ4v) is 7.93. The number of thiophene rings is 1. The summed E-state index contributed by atoms with van der Waals surface area (Å²) in [4.78, 5) is 0. The largest absolute Gasteiger partial charge is 0.309 e. The number of rotatable bonds is 4. The summed E-state index contributed by atoms with van der Waals surface area (Å²) in [5.74, 6) is 0. The van der Waals surface area contributed by atoms with Gasteiger partial charge in [0.25, 0.3) is 0 Å². The van der Waals surface area contributed by atoms with Crippen molar-refractivity contribution in [1.29, 1.82) is 0 Å². The molecule has 0 aliphatic carbocycles. The van der Waals surface area contributed by atoms with Crippen LogP contribution in [0, 0.1) is 6.92 Å². The van der Waals surface area contributed by atoms with E-state index in [1.807, 2.05) is 11.3 Å². The van der Waals surface area contributed by atoms with E-state index >= 15 is 0 Å². The van der Waals surface area contributed by atoms with Crippen LogP contribution in [0.3, 0.4) is 0 Å². The normalized spacial score (nSPS) is 11.7. The lowest BCUT2D eigenvalue weighted by Crippen LogP contribution is -1.96. The molecule has 2 aromatic heterocycles. The maximum Gasteiger partial charge on any atom is 0.0548 e. The van der Waals surface area contributed by atoms with Gasteiger partial charge >= 0.3 is 0 Å². The van der Waals surface area contributed by atoms with Crippen molar-refractivity contribution in [2.75, 3.05) is 0 Å². The van der Waals surface area contributed by atoms with Crippen LogP contribution in [0.1, 0.15) is 5.56 Å². The van der Waals surface area contributed by atoms with Crippen molar-refractivity contribution in [2.24, 2.45) is 0 Å². The summed E-state index contributed by atoms with van der Waals surface area (Å²) in [7, 11) is 0. The highest BCUT2D eigenvalue weighted by molar-refractivity contribution is 7.25. The van der Waals surface area contributed by atoms with Crippen molar-refractivity contribution in [3.05, 3.63) is 163 Å². The summed E-state index contributed by atoms with van der Waals surface area (Å²) in [6.45, 7) is 2.18.